The summed E-state index contributed by atoms with van der Waals surface area (Å²) in [5.41, 5.74) is 1.27. The van der Waals surface area contributed by atoms with Gasteiger partial charge in [0.05, 0.1) is 18.7 Å². The second-order valence-corrected chi connectivity index (χ2v) is 6.07. The zero-order chi connectivity index (χ0) is 15.0. The lowest BCUT2D eigenvalue weighted by Crippen LogP contribution is -2.38. The number of rotatable bonds is 2. The van der Waals surface area contributed by atoms with Crippen LogP contribution in [0.25, 0.3) is 0 Å². The van der Waals surface area contributed by atoms with Gasteiger partial charge in [-0.2, -0.15) is 0 Å². The molecule has 1 aliphatic heterocycles. The molecule has 0 saturated heterocycles. The van der Waals surface area contributed by atoms with E-state index in [0.29, 0.717) is 12.3 Å². The molecule has 1 amide bonds. The van der Waals surface area contributed by atoms with Crippen LogP contribution in [0.3, 0.4) is 0 Å². The predicted molar refractivity (Wildman–Crippen MR) is 80.4 cm³/mol. The Labute approximate surface area is 127 Å². The Bertz CT molecular complexity index is 683. The van der Waals surface area contributed by atoms with Crippen molar-refractivity contribution in [2.45, 2.75) is 19.4 Å². The number of hydrogen-bond donors (Lipinski definition) is 0. The van der Waals surface area contributed by atoms with E-state index in [1.54, 1.807) is 22.3 Å². The van der Waals surface area contributed by atoms with Gasteiger partial charge in [-0.1, -0.05) is 0 Å². The van der Waals surface area contributed by atoms with Crippen LogP contribution in [-0.4, -0.2) is 24.5 Å². The number of halogens is 1. The smallest absolute Gasteiger partial charge is 0.257 e. The van der Waals surface area contributed by atoms with Crippen molar-refractivity contribution in [3.05, 3.63) is 51.5 Å². The third-order valence-electron chi connectivity index (χ3n) is 3.94. The summed E-state index contributed by atoms with van der Waals surface area (Å²) in [6.45, 7) is 2.61. The summed E-state index contributed by atoms with van der Waals surface area (Å²) in [6.07, 6.45) is 0.834. The van der Waals surface area contributed by atoms with Gasteiger partial charge < -0.3 is 9.64 Å². The number of hydrogen-bond acceptors (Lipinski definition) is 3. The Morgan fingerprint density at radius 3 is 2.95 bits per heavy atom. The fourth-order valence-corrected chi connectivity index (χ4v) is 3.70. The molecule has 5 heteroatoms. The highest BCUT2D eigenvalue weighted by atomic mass is 32.1. The molecule has 21 heavy (non-hydrogen) atoms. The van der Waals surface area contributed by atoms with Gasteiger partial charge in [-0.05, 0) is 42.5 Å². The minimum atomic E-state index is -0.539. The maximum atomic E-state index is 14.1. The zero-order valence-corrected chi connectivity index (χ0v) is 12.7. The van der Waals surface area contributed by atoms with Gasteiger partial charge in [-0.15, -0.1) is 11.3 Å². The highest BCUT2D eigenvalue weighted by molar-refractivity contribution is 7.10. The Morgan fingerprint density at radius 1 is 1.43 bits per heavy atom. The Kier molecular flexibility index (Phi) is 3.68. The van der Waals surface area contributed by atoms with Crippen LogP contribution in [0.5, 0.6) is 5.75 Å². The first-order valence-corrected chi connectivity index (χ1v) is 7.70. The molecule has 1 aromatic carbocycles. The molecule has 2 aromatic rings. The lowest BCUT2D eigenvalue weighted by atomic mass is 10.00. The third-order valence-corrected chi connectivity index (χ3v) is 4.94. The second-order valence-electron chi connectivity index (χ2n) is 5.07. The lowest BCUT2D eigenvalue weighted by Gasteiger charge is -2.33. The van der Waals surface area contributed by atoms with E-state index in [4.69, 9.17) is 4.74 Å². The summed E-state index contributed by atoms with van der Waals surface area (Å²) in [5, 5.41) is 2.04. The molecule has 0 bridgehead atoms. The van der Waals surface area contributed by atoms with Crippen molar-refractivity contribution in [1.82, 2.24) is 4.90 Å². The first-order valence-electron chi connectivity index (χ1n) is 6.82. The molecule has 0 N–H and O–H groups in total. The van der Waals surface area contributed by atoms with Crippen molar-refractivity contribution < 1.29 is 13.9 Å². The summed E-state index contributed by atoms with van der Waals surface area (Å²) >= 11 is 1.72. The number of nitrogens with zero attached hydrogens (tertiary/aromatic N) is 1. The molecule has 0 spiro atoms. The Morgan fingerprint density at radius 2 is 2.24 bits per heavy atom. The predicted octanol–water partition coefficient (Wildman–Crippen LogP) is 3.66. The largest absolute Gasteiger partial charge is 0.497 e. The molecule has 0 radical (unpaired) electrons. The first-order chi connectivity index (χ1) is 10.1. The van der Waals surface area contributed by atoms with Gasteiger partial charge in [0.1, 0.15) is 11.6 Å². The molecule has 1 unspecified atom stereocenters. The fraction of sp³-hybridized carbons (Fsp3) is 0.312. The molecule has 1 aromatic heterocycles. The van der Waals surface area contributed by atoms with Gasteiger partial charge >= 0.3 is 0 Å². The van der Waals surface area contributed by atoms with Crippen LogP contribution < -0.4 is 4.74 Å². The van der Waals surface area contributed by atoms with Crippen LogP contribution in [0, 0.1) is 5.82 Å². The Hall–Kier alpha value is -1.88. The normalized spacial score (nSPS) is 17.5. The monoisotopic (exact) mass is 305 g/mol. The number of methoxy groups -OCH3 is 1. The molecule has 3 nitrogen and oxygen atoms in total. The lowest BCUT2D eigenvalue weighted by molar-refractivity contribution is 0.0674. The van der Waals surface area contributed by atoms with Gasteiger partial charge in [0.2, 0.25) is 0 Å². The minimum absolute atomic E-state index is 0.0194. The average molecular weight is 305 g/mol. The average Bonchev–Trinajstić information content (AvgIpc) is 2.96. The minimum Gasteiger partial charge on any atom is -0.497 e. The van der Waals surface area contributed by atoms with Crippen LogP contribution in [0.2, 0.25) is 0 Å². The molecule has 2 heterocycles. The van der Waals surface area contributed by atoms with Crippen molar-refractivity contribution in [3.8, 4) is 5.75 Å². The van der Waals surface area contributed by atoms with E-state index in [9.17, 15) is 9.18 Å². The summed E-state index contributed by atoms with van der Waals surface area (Å²) in [4.78, 5) is 15.7. The topological polar surface area (TPSA) is 29.5 Å². The molecular weight excluding hydrogens is 289 g/mol. The highest BCUT2D eigenvalue weighted by Gasteiger charge is 2.30. The molecule has 0 aliphatic carbocycles. The van der Waals surface area contributed by atoms with Crippen LogP contribution >= 0.6 is 11.3 Å². The zero-order valence-electron chi connectivity index (χ0n) is 11.9. The Balaban J connectivity index is 1.89. The van der Waals surface area contributed by atoms with Crippen molar-refractivity contribution in [2.24, 2.45) is 0 Å². The molecule has 0 saturated carbocycles. The number of carbonyl (C=O) groups is 1. The summed E-state index contributed by atoms with van der Waals surface area (Å²) in [7, 11) is 1.47. The first kappa shape index (κ1) is 14.1. The van der Waals surface area contributed by atoms with Crippen molar-refractivity contribution in [1.29, 1.82) is 0 Å². The quantitative estimate of drug-likeness (QED) is 0.847. The fourth-order valence-electron chi connectivity index (χ4n) is 2.74. The number of benzene rings is 1. The van der Waals surface area contributed by atoms with E-state index in [1.807, 2.05) is 12.3 Å². The molecule has 3 rings (SSSR count). The van der Waals surface area contributed by atoms with Gasteiger partial charge in [-0.3, -0.25) is 4.79 Å². The van der Waals surface area contributed by atoms with Crippen LogP contribution in [0.1, 0.15) is 33.8 Å². The summed E-state index contributed by atoms with van der Waals surface area (Å²) in [5.74, 6) is -0.391. The van der Waals surface area contributed by atoms with Gasteiger partial charge in [-0.25, -0.2) is 4.39 Å². The van der Waals surface area contributed by atoms with Crippen molar-refractivity contribution in [2.75, 3.05) is 13.7 Å². The van der Waals surface area contributed by atoms with Gasteiger partial charge in [0.25, 0.3) is 5.91 Å². The number of amides is 1. The van der Waals surface area contributed by atoms with E-state index in [2.05, 4.69) is 6.07 Å². The van der Waals surface area contributed by atoms with Gasteiger partial charge in [0.15, 0.2) is 0 Å². The summed E-state index contributed by atoms with van der Waals surface area (Å²) < 4.78 is 19.0. The standard InChI is InChI=1S/C16H16FNO2S/c1-10-12-6-8-21-15(12)5-7-18(10)16(19)13-4-3-11(20-2)9-14(13)17/h3-4,6,8-10H,5,7H2,1-2H3. The SMILES string of the molecule is COc1ccc(C(=O)N2CCc3sccc3C2C)c(F)c1. The molecule has 0 fully saturated rings. The molecular formula is C16H16FNO2S. The van der Waals surface area contributed by atoms with E-state index < -0.39 is 5.82 Å². The number of ether oxygens (including phenoxy) is 1. The second kappa shape index (κ2) is 5.48. The van der Waals surface area contributed by atoms with E-state index in [0.717, 1.165) is 6.42 Å². The van der Waals surface area contributed by atoms with Crippen molar-refractivity contribution >= 4 is 17.2 Å². The molecule has 1 aliphatic rings. The molecule has 110 valence electrons. The van der Waals surface area contributed by atoms with E-state index in [1.165, 1.54) is 29.7 Å². The van der Waals surface area contributed by atoms with Crippen LogP contribution in [-0.2, 0) is 6.42 Å². The van der Waals surface area contributed by atoms with Crippen LogP contribution in [0.15, 0.2) is 29.6 Å². The third kappa shape index (κ3) is 2.42. The number of thiophene rings is 1. The highest BCUT2D eigenvalue weighted by Crippen LogP contribution is 2.34. The number of carbonyl (C=O) groups excluding carboxylic acids is 1. The molecule has 1 atom stereocenters. The maximum Gasteiger partial charge on any atom is 0.257 e. The summed E-state index contributed by atoms with van der Waals surface area (Å²) in [6, 6.07) is 6.38. The maximum absolute atomic E-state index is 14.1. The van der Waals surface area contributed by atoms with Crippen molar-refractivity contribution in [3.63, 3.8) is 0 Å². The van der Waals surface area contributed by atoms with Gasteiger partial charge in [0, 0.05) is 17.5 Å². The van der Waals surface area contributed by atoms with Crippen LogP contribution in [0.4, 0.5) is 4.39 Å². The van der Waals surface area contributed by atoms with E-state index >= 15 is 0 Å². The van der Waals surface area contributed by atoms with E-state index in [-0.39, 0.29) is 17.5 Å². The number of fused-ring (bicyclic) bond motifs is 1.